The quantitative estimate of drug-likeness (QED) is 0.490. The molecular formula is C6H15N. The Morgan fingerprint density at radius 2 is 1.57 bits per heavy atom. The largest absolute Gasteiger partial charge is 0.333 e. The molecule has 0 heterocycles. The van der Waals surface area contributed by atoms with Crippen molar-refractivity contribution in [3.05, 3.63) is 0 Å². The van der Waals surface area contributed by atoms with Crippen molar-refractivity contribution >= 4 is 0 Å². The number of nitrogens with two attached hydrogens (primary N) is 1. The fourth-order valence-electron chi connectivity index (χ4n) is 0.612. The van der Waals surface area contributed by atoms with Gasteiger partial charge in [-0.05, 0) is 13.0 Å². The molecule has 0 aromatic rings. The van der Waals surface area contributed by atoms with Crippen LogP contribution in [0.5, 0.6) is 0 Å². The van der Waals surface area contributed by atoms with Gasteiger partial charge in [-0.25, -0.2) is 0 Å². The summed E-state index contributed by atoms with van der Waals surface area (Å²) < 4.78 is 0. The van der Waals surface area contributed by atoms with E-state index in [0.717, 1.165) is 5.92 Å². The van der Waals surface area contributed by atoms with E-state index in [0.29, 0.717) is 0 Å². The lowest BCUT2D eigenvalue weighted by Crippen LogP contribution is -2.04. The molecule has 0 aromatic carbocycles. The Morgan fingerprint density at radius 1 is 1.29 bits per heavy atom. The van der Waals surface area contributed by atoms with Gasteiger partial charge < -0.3 is 5.73 Å². The van der Waals surface area contributed by atoms with Crippen LogP contribution in [0, 0.1) is 5.92 Å². The summed E-state index contributed by atoms with van der Waals surface area (Å²) in [7, 11) is 1.50. The molecule has 7 heavy (non-hydrogen) atoms. The Hall–Kier alpha value is -0.0400. The average molecular weight is 101 g/mol. The van der Waals surface area contributed by atoms with Crippen LogP contribution in [0.15, 0.2) is 0 Å². The van der Waals surface area contributed by atoms with Crippen molar-refractivity contribution in [1.82, 2.24) is 0 Å². The number of hydrogen-bond donors (Lipinski definition) is 1. The summed E-state index contributed by atoms with van der Waals surface area (Å²) in [5.74, 6) is 1.06. The molecule has 0 aliphatic heterocycles. The predicted octanol–water partition coefficient (Wildman–Crippen LogP) is 1.38. The standard InChI is InChI=1S/C5H10.CH5N/c1-5-3-2-4-5;1-2/h5H,2-4H2,1H3;2H2,1H3. The fraction of sp³-hybridized carbons (Fsp3) is 1.00. The molecule has 0 spiro atoms. The molecular weight excluding hydrogens is 86.1 g/mol. The van der Waals surface area contributed by atoms with Crippen molar-refractivity contribution < 1.29 is 0 Å². The van der Waals surface area contributed by atoms with Crippen molar-refractivity contribution in [3.63, 3.8) is 0 Å². The Bertz CT molecular complexity index is 31.2. The van der Waals surface area contributed by atoms with Gasteiger partial charge in [-0.15, -0.1) is 0 Å². The summed E-state index contributed by atoms with van der Waals surface area (Å²) in [6.07, 6.45) is 4.46. The second-order valence-electron chi connectivity index (χ2n) is 2.04. The van der Waals surface area contributed by atoms with E-state index >= 15 is 0 Å². The zero-order chi connectivity index (χ0) is 5.70. The van der Waals surface area contributed by atoms with Crippen molar-refractivity contribution in [2.24, 2.45) is 11.7 Å². The normalized spacial score (nSPS) is 19.3. The van der Waals surface area contributed by atoms with Gasteiger partial charge in [0.25, 0.3) is 0 Å². The van der Waals surface area contributed by atoms with Gasteiger partial charge >= 0.3 is 0 Å². The van der Waals surface area contributed by atoms with Crippen LogP contribution in [0.25, 0.3) is 0 Å². The molecule has 0 bridgehead atoms. The van der Waals surface area contributed by atoms with Crippen LogP contribution in [0.1, 0.15) is 26.2 Å². The third-order valence-electron chi connectivity index (χ3n) is 1.39. The lowest BCUT2D eigenvalue weighted by Gasteiger charge is -2.18. The molecule has 1 heteroatoms. The molecule has 44 valence electrons. The highest BCUT2D eigenvalue weighted by Crippen LogP contribution is 2.24. The fourth-order valence-corrected chi connectivity index (χ4v) is 0.612. The monoisotopic (exact) mass is 101 g/mol. The van der Waals surface area contributed by atoms with Gasteiger partial charge in [0.15, 0.2) is 0 Å². The van der Waals surface area contributed by atoms with E-state index in [1.165, 1.54) is 26.3 Å². The van der Waals surface area contributed by atoms with Gasteiger partial charge in [0.2, 0.25) is 0 Å². The molecule has 0 aromatic heterocycles. The summed E-state index contributed by atoms with van der Waals surface area (Å²) in [5, 5.41) is 0. The molecule has 0 unspecified atom stereocenters. The van der Waals surface area contributed by atoms with E-state index in [2.05, 4.69) is 12.7 Å². The minimum atomic E-state index is 1.06. The average Bonchev–Trinajstić information content (AvgIpc) is 1.68. The van der Waals surface area contributed by atoms with Gasteiger partial charge in [0.05, 0.1) is 0 Å². The highest BCUT2D eigenvalue weighted by molar-refractivity contribution is 4.62. The van der Waals surface area contributed by atoms with Crippen LogP contribution in [0.2, 0.25) is 0 Å². The van der Waals surface area contributed by atoms with E-state index < -0.39 is 0 Å². The molecule has 0 atom stereocenters. The lowest BCUT2D eigenvalue weighted by molar-refractivity contribution is 0.346. The molecule has 1 rings (SSSR count). The molecule has 0 amide bonds. The molecule has 1 fully saturated rings. The zero-order valence-corrected chi connectivity index (χ0v) is 5.28. The van der Waals surface area contributed by atoms with Crippen LogP contribution in [-0.2, 0) is 0 Å². The van der Waals surface area contributed by atoms with Gasteiger partial charge in [0, 0.05) is 0 Å². The van der Waals surface area contributed by atoms with Crippen molar-refractivity contribution in [3.8, 4) is 0 Å². The van der Waals surface area contributed by atoms with Crippen LogP contribution in [0.3, 0.4) is 0 Å². The maximum absolute atomic E-state index is 4.50. The maximum atomic E-state index is 4.50. The predicted molar refractivity (Wildman–Crippen MR) is 33.1 cm³/mol. The van der Waals surface area contributed by atoms with E-state index in [4.69, 9.17) is 0 Å². The Labute approximate surface area is 45.9 Å². The van der Waals surface area contributed by atoms with Crippen molar-refractivity contribution in [2.75, 3.05) is 7.05 Å². The zero-order valence-electron chi connectivity index (χ0n) is 5.28. The molecule has 1 aliphatic rings. The van der Waals surface area contributed by atoms with Crippen LogP contribution < -0.4 is 5.73 Å². The molecule has 1 aliphatic carbocycles. The number of hydrogen-bond acceptors (Lipinski definition) is 1. The SMILES string of the molecule is CC1CCC1.CN. The highest BCUT2D eigenvalue weighted by Gasteiger charge is 2.09. The summed E-state index contributed by atoms with van der Waals surface area (Å²) >= 11 is 0. The van der Waals surface area contributed by atoms with Gasteiger partial charge in [-0.1, -0.05) is 26.2 Å². The first-order chi connectivity index (χ1) is 3.39. The third-order valence-corrected chi connectivity index (χ3v) is 1.39. The first kappa shape index (κ1) is 6.96. The lowest BCUT2D eigenvalue weighted by atomic mass is 9.88. The van der Waals surface area contributed by atoms with Crippen molar-refractivity contribution in [2.45, 2.75) is 26.2 Å². The summed E-state index contributed by atoms with van der Waals surface area (Å²) in [4.78, 5) is 0. The Morgan fingerprint density at radius 3 is 1.57 bits per heavy atom. The molecule has 2 N–H and O–H groups in total. The summed E-state index contributed by atoms with van der Waals surface area (Å²) in [6.45, 7) is 2.31. The first-order valence-electron chi connectivity index (χ1n) is 2.97. The molecule has 1 nitrogen and oxygen atoms in total. The topological polar surface area (TPSA) is 26.0 Å². The number of rotatable bonds is 0. The Balaban J connectivity index is 0.000000162. The molecule has 0 radical (unpaired) electrons. The van der Waals surface area contributed by atoms with E-state index in [1.54, 1.807) is 0 Å². The van der Waals surface area contributed by atoms with E-state index in [9.17, 15) is 0 Å². The third kappa shape index (κ3) is 2.63. The molecule has 1 saturated carbocycles. The second kappa shape index (κ2) is 4.13. The minimum Gasteiger partial charge on any atom is -0.333 e. The smallest absolute Gasteiger partial charge is 0.0195 e. The highest BCUT2D eigenvalue weighted by atomic mass is 14.4. The maximum Gasteiger partial charge on any atom is -0.0195 e. The minimum absolute atomic E-state index is 1.06. The second-order valence-corrected chi connectivity index (χ2v) is 2.04. The van der Waals surface area contributed by atoms with Gasteiger partial charge in [-0.3, -0.25) is 0 Å². The van der Waals surface area contributed by atoms with Crippen LogP contribution in [0.4, 0.5) is 0 Å². The van der Waals surface area contributed by atoms with Gasteiger partial charge in [0.1, 0.15) is 0 Å². The van der Waals surface area contributed by atoms with Gasteiger partial charge in [-0.2, -0.15) is 0 Å². The summed E-state index contributed by atoms with van der Waals surface area (Å²) in [5.41, 5.74) is 4.50. The van der Waals surface area contributed by atoms with E-state index in [1.807, 2.05) is 0 Å². The first-order valence-corrected chi connectivity index (χ1v) is 2.97. The van der Waals surface area contributed by atoms with Crippen molar-refractivity contribution in [1.29, 1.82) is 0 Å². The molecule has 0 saturated heterocycles. The van der Waals surface area contributed by atoms with E-state index in [-0.39, 0.29) is 0 Å². The van der Waals surface area contributed by atoms with Crippen LogP contribution >= 0.6 is 0 Å². The Kier molecular flexibility index (Phi) is 4.10. The van der Waals surface area contributed by atoms with Crippen LogP contribution in [-0.4, -0.2) is 7.05 Å². The summed E-state index contributed by atoms with van der Waals surface area (Å²) in [6, 6.07) is 0.